The second-order valence-corrected chi connectivity index (χ2v) is 5.82. The van der Waals surface area contributed by atoms with Gasteiger partial charge in [0.2, 0.25) is 0 Å². The maximum Gasteiger partial charge on any atom is 0.184 e. The topological polar surface area (TPSA) is 47.9 Å². The van der Waals surface area contributed by atoms with Gasteiger partial charge in [-0.1, -0.05) is 26.8 Å². The smallest absolute Gasteiger partial charge is 0.184 e. The number of aromatic hydroxyl groups is 1. The second kappa shape index (κ2) is 5.39. The van der Waals surface area contributed by atoms with E-state index in [2.05, 4.69) is 20.8 Å². The van der Waals surface area contributed by atoms with Crippen molar-refractivity contribution in [3.63, 3.8) is 0 Å². The lowest BCUT2D eigenvalue weighted by Crippen LogP contribution is -2.28. The van der Waals surface area contributed by atoms with Crippen molar-refractivity contribution in [1.29, 1.82) is 0 Å². The highest BCUT2D eigenvalue weighted by Gasteiger charge is 2.35. The van der Waals surface area contributed by atoms with Crippen LogP contribution in [0.1, 0.15) is 39.5 Å². The quantitative estimate of drug-likeness (QED) is 0.912. The summed E-state index contributed by atoms with van der Waals surface area (Å²) in [4.78, 5) is 0. The summed E-state index contributed by atoms with van der Waals surface area (Å²) in [7, 11) is 0. The van der Waals surface area contributed by atoms with Crippen LogP contribution >= 0.6 is 0 Å². The van der Waals surface area contributed by atoms with Gasteiger partial charge in [0.05, 0.1) is 19.3 Å². The predicted octanol–water partition coefficient (Wildman–Crippen LogP) is 3.25. The van der Waals surface area contributed by atoms with Gasteiger partial charge in [0.1, 0.15) is 0 Å². The SMILES string of the molecule is CCOc1cc([C@@H]2OC[C@@H](C(C)(C)C)O2)ccc1O. The Balaban J connectivity index is 2.13. The monoisotopic (exact) mass is 266 g/mol. The van der Waals surface area contributed by atoms with Crippen molar-refractivity contribution in [2.75, 3.05) is 13.2 Å². The molecule has 19 heavy (non-hydrogen) atoms. The van der Waals surface area contributed by atoms with Crippen LogP contribution in [0.2, 0.25) is 0 Å². The molecule has 0 spiro atoms. The third kappa shape index (κ3) is 3.19. The highest BCUT2D eigenvalue weighted by molar-refractivity contribution is 5.42. The Morgan fingerprint density at radius 1 is 1.37 bits per heavy atom. The van der Waals surface area contributed by atoms with Gasteiger partial charge in [-0.3, -0.25) is 0 Å². The molecule has 1 aliphatic rings. The molecular weight excluding hydrogens is 244 g/mol. The molecule has 1 aliphatic heterocycles. The lowest BCUT2D eigenvalue weighted by Gasteiger charge is -2.25. The van der Waals surface area contributed by atoms with Gasteiger partial charge in [0.25, 0.3) is 0 Å². The Hall–Kier alpha value is -1.26. The van der Waals surface area contributed by atoms with Crippen LogP contribution in [0.5, 0.6) is 11.5 Å². The summed E-state index contributed by atoms with van der Waals surface area (Å²) < 4.78 is 17.0. The van der Waals surface area contributed by atoms with Crippen LogP contribution in [0.15, 0.2) is 18.2 Å². The summed E-state index contributed by atoms with van der Waals surface area (Å²) >= 11 is 0. The molecule has 1 fully saturated rings. The fraction of sp³-hybridized carbons (Fsp3) is 0.600. The van der Waals surface area contributed by atoms with E-state index in [-0.39, 0.29) is 23.6 Å². The number of ether oxygens (including phenoxy) is 3. The predicted molar refractivity (Wildman–Crippen MR) is 72.3 cm³/mol. The van der Waals surface area contributed by atoms with Gasteiger partial charge in [-0.2, -0.15) is 0 Å². The van der Waals surface area contributed by atoms with Crippen molar-refractivity contribution < 1.29 is 19.3 Å². The molecule has 0 unspecified atom stereocenters. The number of hydrogen-bond donors (Lipinski definition) is 1. The molecule has 1 aromatic carbocycles. The third-order valence-electron chi connectivity index (χ3n) is 3.21. The molecule has 0 saturated carbocycles. The zero-order chi connectivity index (χ0) is 14.0. The fourth-order valence-electron chi connectivity index (χ4n) is 1.98. The Morgan fingerprint density at radius 3 is 2.68 bits per heavy atom. The molecule has 106 valence electrons. The average Bonchev–Trinajstić information content (AvgIpc) is 2.81. The van der Waals surface area contributed by atoms with E-state index in [0.29, 0.717) is 19.0 Å². The van der Waals surface area contributed by atoms with Crippen molar-refractivity contribution in [1.82, 2.24) is 0 Å². The molecule has 1 saturated heterocycles. The zero-order valence-electron chi connectivity index (χ0n) is 12.0. The Morgan fingerprint density at radius 2 is 2.11 bits per heavy atom. The molecule has 0 aliphatic carbocycles. The van der Waals surface area contributed by atoms with Crippen LogP contribution in [0.25, 0.3) is 0 Å². The minimum Gasteiger partial charge on any atom is -0.504 e. The summed E-state index contributed by atoms with van der Waals surface area (Å²) in [5, 5.41) is 9.68. The number of benzene rings is 1. The average molecular weight is 266 g/mol. The Kier molecular flexibility index (Phi) is 4.02. The summed E-state index contributed by atoms with van der Waals surface area (Å²) in [6.45, 7) is 9.36. The molecule has 2 rings (SSSR count). The molecule has 1 aromatic rings. The molecule has 1 heterocycles. The lowest BCUT2D eigenvalue weighted by molar-refractivity contribution is -0.0786. The van der Waals surface area contributed by atoms with Crippen LogP contribution in [-0.4, -0.2) is 24.4 Å². The van der Waals surface area contributed by atoms with Crippen molar-refractivity contribution in [2.24, 2.45) is 5.41 Å². The van der Waals surface area contributed by atoms with E-state index in [4.69, 9.17) is 14.2 Å². The molecule has 0 bridgehead atoms. The number of phenols is 1. The lowest BCUT2D eigenvalue weighted by atomic mass is 9.90. The van der Waals surface area contributed by atoms with Gasteiger partial charge in [0.15, 0.2) is 17.8 Å². The maximum atomic E-state index is 9.68. The van der Waals surface area contributed by atoms with E-state index >= 15 is 0 Å². The standard InChI is InChI=1S/C15H22O4/c1-5-17-12-8-10(6-7-11(12)16)14-18-9-13(19-14)15(2,3)4/h6-8,13-14,16H,5,9H2,1-4H3/t13-,14+/m0/s1. The van der Waals surface area contributed by atoms with Crippen LogP contribution < -0.4 is 4.74 Å². The molecule has 4 nitrogen and oxygen atoms in total. The van der Waals surface area contributed by atoms with E-state index in [1.807, 2.05) is 6.92 Å². The van der Waals surface area contributed by atoms with Gasteiger partial charge in [0, 0.05) is 5.56 Å². The van der Waals surface area contributed by atoms with Gasteiger partial charge in [-0.15, -0.1) is 0 Å². The Bertz CT molecular complexity index is 436. The molecule has 0 amide bonds. The van der Waals surface area contributed by atoms with Crippen molar-refractivity contribution in [3.05, 3.63) is 23.8 Å². The fourth-order valence-corrected chi connectivity index (χ4v) is 1.98. The van der Waals surface area contributed by atoms with Crippen LogP contribution in [0, 0.1) is 5.41 Å². The van der Waals surface area contributed by atoms with E-state index in [1.165, 1.54) is 0 Å². The first-order valence-corrected chi connectivity index (χ1v) is 6.64. The van der Waals surface area contributed by atoms with Crippen LogP contribution in [0.4, 0.5) is 0 Å². The number of phenolic OH excluding ortho intramolecular Hbond substituents is 1. The van der Waals surface area contributed by atoms with Gasteiger partial charge in [-0.05, 0) is 24.5 Å². The van der Waals surface area contributed by atoms with E-state index in [9.17, 15) is 5.11 Å². The second-order valence-electron chi connectivity index (χ2n) is 5.82. The van der Waals surface area contributed by atoms with Gasteiger partial charge in [-0.25, -0.2) is 0 Å². The Labute approximate surface area is 114 Å². The summed E-state index contributed by atoms with van der Waals surface area (Å²) in [5.74, 6) is 0.599. The van der Waals surface area contributed by atoms with Crippen LogP contribution in [0.3, 0.4) is 0 Å². The van der Waals surface area contributed by atoms with E-state index in [1.54, 1.807) is 18.2 Å². The minimum absolute atomic E-state index is 0.0500. The zero-order valence-corrected chi connectivity index (χ0v) is 12.0. The van der Waals surface area contributed by atoms with Crippen molar-refractivity contribution >= 4 is 0 Å². The van der Waals surface area contributed by atoms with E-state index < -0.39 is 0 Å². The summed E-state index contributed by atoms with van der Waals surface area (Å²) in [6.07, 6.45) is -0.314. The molecule has 2 atom stereocenters. The van der Waals surface area contributed by atoms with Crippen molar-refractivity contribution in [2.45, 2.75) is 40.1 Å². The van der Waals surface area contributed by atoms with E-state index in [0.717, 1.165) is 5.56 Å². The highest BCUT2D eigenvalue weighted by Crippen LogP contribution is 2.37. The number of rotatable bonds is 3. The minimum atomic E-state index is -0.385. The molecule has 0 aromatic heterocycles. The largest absolute Gasteiger partial charge is 0.504 e. The highest BCUT2D eigenvalue weighted by atomic mass is 16.7. The molecular formula is C15H22O4. The van der Waals surface area contributed by atoms with Gasteiger partial charge >= 0.3 is 0 Å². The maximum absolute atomic E-state index is 9.68. The van der Waals surface area contributed by atoms with Crippen molar-refractivity contribution in [3.8, 4) is 11.5 Å². The first-order chi connectivity index (χ1) is 8.91. The summed E-state index contributed by atoms with van der Waals surface area (Å²) in [6, 6.07) is 5.18. The van der Waals surface area contributed by atoms with Gasteiger partial charge < -0.3 is 19.3 Å². The molecule has 0 radical (unpaired) electrons. The normalized spacial score (nSPS) is 23.6. The van der Waals surface area contributed by atoms with Crippen LogP contribution in [-0.2, 0) is 9.47 Å². The first kappa shape index (κ1) is 14.2. The number of hydrogen-bond acceptors (Lipinski definition) is 4. The summed E-state index contributed by atoms with van der Waals surface area (Å²) in [5.41, 5.74) is 0.919. The third-order valence-corrected chi connectivity index (χ3v) is 3.21. The molecule has 1 N–H and O–H groups in total. The molecule has 4 heteroatoms. The first-order valence-electron chi connectivity index (χ1n) is 6.64.